The molecule has 0 radical (unpaired) electrons. The molecule has 13 heavy (non-hydrogen) atoms. The van der Waals surface area contributed by atoms with Gasteiger partial charge in [0.2, 0.25) is 0 Å². The Kier molecular flexibility index (Phi) is 3.01. The molecule has 1 fully saturated rings. The summed E-state index contributed by atoms with van der Waals surface area (Å²) >= 11 is 3.48. The molecule has 1 aliphatic heterocycles. The van der Waals surface area contributed by atoms with Gasteiger partial charge in [-0.15, -0.1) is 0 Å². The van der Waals surface area contributed by atoms with Gasteiger partial charge < -0.3 is 5.32 Å². The summed E-state index contributed by atoms with van der Waals surface area (Å²) in [5.74, 6) is 0. The average Bonchev–Trinajstić information content (AvgIpc) is 2.01. The van der Waals surface area contributed by atoms with Crippen LogP contribution in [0.4, 0.5) is 0 Å². The first-order chi connectivity index (χ1) is 6.34. The van der Waals surface area contributed by atoms with Crippen LogP contribution in [-0.2, 0) is 6.42 Å². The van der Waals surface area contributed by atoms with Gasteiger partial charge in [-0.2, -0.15) is 0 Å². The zero-order valence-corrected chi connectivity index (χ0v) is 9.18. The van der Waals surface area contributed by atoms with Gasteiger partial charge in [-0.25, -0.2) is 0 Å². The van der Waals surface area contributed by atoms with Crippen molar-refractivity contribution in [1.82, 2.24) is 5.32 Å². The minimum atomic E-state index is 0.777. The number of hydrogen-bond donors (Lipinski definition) is 1. The van der Waals surface area contributed by atoms with Gasteiger partial charge in [-0.1, -0.05) is 28.1 Å². The summed E-state index contributed by atoms with van der Waals surface area (Å²) < 4.78 is 1.19. The molecular weight excluding hydrogens is 226 g/mol. The predicted molar refractivity (Wildman–Crippen MR) is 58.9 cm³/mol. The minimum absolute atomic E-state index is 0.777. The van der Waals surface area contributed by atoms with E-state index in [1.54, 1.807) is 0 Å². The highest BCUT2D eigenvalue weighted by atomic mass is 79.9. The number of halogens is 1. The molecule has 0 spiro atoms. The monoisotopic (exact) mass is 239 g/mol. The van der Waals surface area contributed by atoms with Gasteiger partial charge in [0, 0.05) is 10.5 Å². The van der Waals surface area contributed by atoms with Gasteiger partial charge in [0.05, 0.1) is 0 Å². The zero-order chi connectivity index (χ0) is 9.10. The second-order valence-electron chi connectivity index (χ2n) is 3.61. The van der Waals surface area contributed by atoms with E-state index in [4.69, 9.17) is 0 Å². The summed E-state index contributed by atoms with van der Waals surface area (Å²) in [7, 11) is 0. The van der Waals surface area contributed by atoms with E-state index in [9.17, 15) is 0 Å². The maximum atomic E-state index is 3.48. The highest BCUT2D eigenvalue weighted by Crippen LogP contribution is 2.15. The Labute approximate surface area is 87.7 Å². The van der Waals surface area contributed by atoms with Crippen LogP contribution in [0.25, 0.3) is 0 Å². The van der Waals surface area contributed by atoms with Crippen LogP contribution in [0.1, 0.15) is 18.4 Å². The molecule has 1 N–H and O–H groups in total. The van der Waals surface area contributed by atoms with E-state index in [0.29, 0.717) is 0 Å². The Morgan fingerprint density at radius 1 is 1.46 bits per heavy atom. The van der Waals surface area contributed by atoms with Crippen LogP contribution in [-0.4, -0.2) is 12.6 Å². The molecule has 1 aliphatic rings. The number of rotatable bonds is 3. The first-order valence-electron chi connectivity index (χ1n) is 4.82. The molecule has 1 aromatic carbocycles. The molecule has 2 rings (SSSR count). The number of aryl methyl sites for hydroxylation is 1. The molecular formula is C11H14BrN. The van der Waals surface area contributed by atoms with Crippen molar-refractivity contribution in [3.63, 3.8) is 0 Å². The summed E-state index contributed by atoms with van der Waals surface area (Å²) in [6, 6.07) is 9.36. The molecule has 2 heteroatoms. The van der Waals surface area contributed by atoms with Gasteiger partial charge in [-0.3, -0.25) is 0 Å². The smallest absolute Gasteiger partial charge is 0.0177 e. The fourth-order valence-corrected chi connectivity index (χ4v) is 2.07. The molecule has 1 heterocycles. The van der Waals surface area contributed by atoms with E-state index < -0.39 is 0 Å². The second-order valence-corrected chi connectivity index (χ2v) is 4.52. The number of benzene rings is 1. The van der Waals surface area contributed by atoms with Crippen molar-refractivity contribution in [3.05, 3.63) is 34.3 Å². The molecule has 1 saturated heterocycles. The van der Waals surface area contributed by atoms with Gasteiger partial charge in [-0.05, 0) is 43.5 Å². The van der Waals surface area contributed by atoms with Crippen molar-refractivity contribution in [2.45, 2.75) is 25.3 Å². The summed E-state index contributed by atoms with van der Waals surface area (Å²) in [4.78, 5) is 0. The van der Waals surface area contributed by atoms with Crippen LogP contribution in [0.2, 0.25) is 0 Å². The molecule has 0 bridgehead atoms. The Morgan fingerprint density at radius 3 is 2.92 bits per heavy atom. The third-order valence-corrected chi connectivity index (χ3v) is 3.09. The van der Waals surface area contributed by atoms with Crippen LogP contribution in [0.5, 0.6) is 0 Å². The summed E-state index contributed by atoms with van der Waals surface area (Å²) in [5, 5.41) is 3.42. The van der Waals surface area contributed by atoms with Crippen molar-refractivity contribution in [2.75, 3.05) is 6.54 Å². The zero-order valence-electron chi connectivity index (χ0n) is 7.59. The number of nitrogens with one attached hydrogen (secondary N) is 1. The van der Waals surface area contributed by atoms with Crippen molar-refractivity contribution in [2.24, 2.45) is 0 Å². The largest absolute Gasteiger partial charge is 0.314 e. The van der Waals surface area contributed by atoms with E-state index in [0.717, 1.165) is 6.04 Å². The highest BCUT2D eigenvalue weighted by Gasteiger charge is 2.15. The van der Waals surface area contributed by atoms with Gasteiger partial charge in [0.1, 0.15) is 0 Å². The highest BCUT2D eigenvalue weighted by molar-refractivity contribution is 9.10. The summed E-state index contributed by atoms with van der Waals surface area (Å²) in [5.41, 5.74) is 1.43. The molecule has 0 aliphatic carbocycles. The van der Waals surface area contributed by atoms with Crippen LogP contribution < -0.4 is 5.32 Å². The van der Waals surface area contributed by atoms with E-state index in [-0.39, 0.29) is 0 Å². The van der Waals surface area contributed by atoms with Gasteiger partial charge in [0.25, 0.3) is 0 Å². The van der Waals surface area contributed by atoms with Crippen molar-refractivity contribution < 1.29 is 0 Å². The summed E-state index contributed by atoms with van der Waals surface area (Å²) in [6.07, 6.45) is 3.82. The lowest BCUT2D eigenvalue weighted by Gasteiger charge is -2.27. The quantitative estimate of drug-likeness (QED) is 0.856. The Hall–Kier alpha value is -0.340. The van der Waals surface area contributed by atoms with Gasteiger partial charge in [0.15, 0.2) is 0 Å². The Bertz CT molecular complexity index is 281. The molecule has 1 nitrogen and oxygen atoms in total. The summed E-state index contributed by atoms with van der Waals surface area (Å²) in [6.45, 7) is 1.21. The van der Waals surface area contributed by atoms with Crippen molar-refractivity contribution in [3.8, 4) is 0 Å². The molecule has 1 aromatic rings. The molecule has 0 saturated carbocycles. The lowest BCUT2D eigenvalue weighted by molar-refractivity contribution is 0.351. The topological polar surface area (TPSA) is 12.0 Å². The van der Waals surface area contributed by atoms with Crippen LogP contribution in [0.15, 0.2) is 28.7 Å². The minimum Gasteiger partial charge on any atom is -0.314 e. The molecule has 1 atom stereocenters. The second kappa shape index (κ2) is 4.25. The van der Waals surface area contributed by atoms with E-state index in [1.165, 1.54) is 35.8 Å². The first-order valence-corrected chi connectivity index (χ1v) is 5.62. The van der Waals surface area contributed by atoms with Crippen LogP contribution in [0, 0.1) is 0 Å². The van der Waals surface area contributed by atoms with Crippen LogP contribution >= 0.6 is 15.9 Å². The lowest BCUT2D eigenvalue weighted by atomic mass is 9.99. The van der Waals surface area contributed by atoms with Crippen molar-refractivity contribution >= 4 is 15.9 Å². The van der Waals surface area contributed by atoms with Crippen LogP contribution in [0.3, 0.4) is 0 Å². The normalized spacial score (nSPS) is 21.2. The SMILES string of the molecule is Brc1cccc(CCC2CCN2)c1. The Balaban J connectivity index is 1.86. The fraction of sp³-hybridized carbons (Fsp3) is 0.455. The molecule has 1 unspecified atom stereocenters. The maximum absolute atomic E-state index is 3.48. The Morgan fingerprint density at radius 2 is 2.31 bits per heavy atom. The lowest BCUT2D eigenvalue weighted by Crippen LogP contribution is -2.42. The maximum Gasteiger partial charge on any atom is 0.0177 e. The standard InChI is InChI=1S/C11H14BrN/c12-10-3-1-2-9(8-10)4-5-11-6-7-13-11/h1-3,8,11,13H,4-7H2. The fourth-order valence-electron chi connectivity index (χ4n) is 1.63. The average molecular weight is 240 g/mol. The number of hydrogen-bond acceptors (Lipinski definition) is 1. The van der Waals surface area contributed by atoms with Crippen molar-refractivity contribution in [1.29, 1.82) is 0 Å². The predicted octanol–water partition coefficient (Wildman–Crippen LogP) is 2.74. The molecule has 0 aromatic heterocycles. The molecule has 70 valence electrons. The van der Waals surface area contributed by atoms with E-state index >= 15 is 0 Å². The third-order valence-electron chi connectivity index (χ3n) is 2.60. The van der Waals surface area contributed by atoms with E-state index in [1.807, 2.05) is 0 Å². The molecule has 0 amide bonds. The van der Waals surface area contributed by atoms with Gasteiger partial charge >= 0.3 is 0 Å². The van der Waals surface area contributed by atoms with E-state index in [2.05, 4.69) is 45.5 Å². The first kappa shape index (κ1) is 9.22. The third kappa shape index (κ3) is 2.55.